The maximum atomic E-state index is 11.0. The van der Waals surface area contributed by atoms with Crippen molar-refractivity contribution >= 4 is 17.9 Å². The summed E-state index contributed by atoms with van der Waals surface area (Å²) in [6.07, 6.45) is 33.2. The van der Waals surface area contributed by atoms with Crippen molar-refractivity contribution in [1.29, 1.82) is 0 Å². The van der Waals surface area contributed by atoms with Crippen LogP contribution in [0.3, 0.4) is 0 Å². The summed E-state index contributed by atoms with van der Waals surface area (Å²) in [5, 5.41) is 27.2. The van der Waals surface area contributed by atoms with Crippen LogP contribution in [-0.2, 0) is 14.4 Å². The van der Waals surface area contributed by atoms with Gasteiger partial charge < -0.3 is 19.8 Å². The first-order valence-electron chi connectivity index (χ1n) is 18.5. The molecule has 0 heterocycles. The zero-order chi connectivity index (χ0) is 32.6. The summed E-state index contributed by atoms with van der Waals surface area (Å²) in [6, 6.07) is 0. The van der Waals surface area contributed by atoms with E-state index in [4.69, 9.17) is 15.3 Å². The lowest BCUT2D eigenvalue weighted by Gasteiger charge is -2.39. The second-order valence-electron chi connectivity index (χ2n) is 13.1. The predicted molar refractivity (Wildman–Crippen MR) is 182 cm³/mol. The Labute approximate surface area is 270 Å². The molecule has 0 aromatic rings. The van der Waals surface area contributed by atoms with Gasteiger partial charge in [-0.3, -0.25) is 14.4 Å². The van der Waals surface area contributed by atoms with Crippen LogP contribution in [0.25, 0.3) is 0 Å². The number of quaternary nitrogens is 1. The number of carboxylic acids is 3. The first kappa shape index (κ1) is 42.1. The van der Waals surface area contributed by atoms with Crippen molar-refractivity contribution in [2.75, 3.05) is 26.2 Å². The number of rotatable bonds is 35. The van der Waals surface area contributed by atoms with Crippen LogP contribution in [0.4, 0.5) is 0 Å². The van der Waals surface area contributed by atoms with Crippen molar-refractivity contribution in [3.8, 4) is 0 Å². The second-order valence-corrected chi connectivity index (χ2v) is 13.1. The molecule has 0 aromatic carbocycles. The summed E-state index contributed by atoms with van der Waals surface area (Å²) >= 11 is 0. The van der Waals surface area contributed by atoms with Gasteiger partial charge in [-0.25, -0.2) is 0 Å². The van der Waals surface area contributed by atoms with Crippen LogP contribution in [0.5, 0.6) is 0 Å². The van der Waals surface area contributed by atoms with E-state index in [0.717, 1.165) is 56.3 Å². The Balaban J connectivity index is 4.26. The van der Waals surface area contributed by atoms with E-state index in [0.29, 0.717) is 19.3 Å². The number of allylic oxidation sites excluding steroid dienone is 2. The largest absolute Gasteiger partial charge is 0.481 e. The van der Waals surface area contributed by atoms with Gasteiger partial charge in [0.05, 0.1) is 26.2 Å². The van der Waals surface area contributed by atoms with Crippen LogP contribution >= 0.6 is 0 Å². The number of hydrogen-bond donors (Lipinski definition) is 3. The van der Waals surface area contributed by atoms with E-state index >= 15 is 0 Å². The van der Waals surface area contributed by atoms with Crippen LogP contribution in [0.2, 0.25) is 0 Å². The van der Waals surface area contributed by atoms with Gasteiger partial charge in [-0.15, -0.1) is 0 Å². The average molecular weight is 625 g/mol. The fourth-order valence-electron chi connectivity index (χ4n) is 6.24. The van der Waals surface area contributed by atoms with E-state index in [1.807, 2.05) is 0 Å². The predicted octanol–water partition coefficient (Wildman–Crippen LogP) is 10.2. The Morgan fingerprint density at radius 1 is 0.409 bits per heavy atom. The maximum absolute atomic E-state index is 11.0. The minimum Gasteiger partial charge on any atom is -0.481 e. The van der Waals surface area contributed by atoms with Gasteiger partial charge in [0, 0.05) is 19.3 Å². The Morgan fingerprint density at radius 2 is 0.682 bits per heavy atom. The molecule has 0 aliphatic carbocycles. The quantitative estimate of drug-likeness (QED) is 0.0367. The molecule has 0 bridgehead atoms. The molecule has 0 atom stereocenters. The summed E-state index contributed by atoms with van der Waals surface area (Å²) in [5.41, 5.74) is 0. The minimum absolute atomic E-state index is 0.174. The number of unbranched alkanes of at least 4 members (excludes halogenated alkanes) is 19. The van der Waals surface area contributed by atoms with Crippen molar-refractivity contribution in [2.45, 2.75) is 180 Å². The van der Waals surface area contributed by atoms with Gasteiger partial charge in [0.15, 0.2) is 0 Å². The standard InChI is InChI=1S/C37H69NO6/c1-2-3-4-5-6-7-8-9-10-11-12-13-14-15-16-17-18-19-20-24-31-38(32-25-21-28-35(39)40,33-26-22-29-36(41)42)34-27-23-30-37(43)44/h11-12H,2-10,13-34H2,1H3,(H2-,39,40,41,42,43,44)/p+1/b12-11+. The van der Waals surface area contributed by atoms with Gasteiger partial charge in [0.1, 0.15) is 0 Å². The van der Waals surface area contributed by atoms with Gasteiger partial charge in [0.2, 0.25) is 0 Å². The van der Waals surface area contributed by atoms with Crippen LogP contribution in [0.15, 0.2) is 12.2 Å². The highest BCUT2D eigenvalue weighted by Crippen LogP contribution is 2.20. The SMILES string of the molecule is CCCCCCCCCC/C=C/CCCCCCCCCC[N+](CCCCC(=O)O)(CCCCC(=O)O)CCCCC(=O)O. The van der Waals surface area contributed by atoms with Gasteiger partial charge in [-0.2, -0.15) is 0 Å². The molecule has 0 unspecified atom stereocenters. The Kier molecular flexibility index (Phi) is 29.8. The molecule has 0 aliphatic rings. The molecule has 0 amide bonds. The molecule has 7 heteroatoms. The van der Waals surface area contributed by atoms with E-state index in [1.54, 1.807) is 0 Å². The molecule has 0 radical (unpaired) electrons. The van der Waals surface area contributed by atoms with E-state index < -0.39 is 17.9 Å². The van der Waals surface area contributed by atoms with Crippen molar-refractivity contribution < 1.29 is 34.2 Å². The van der Waals surface area contributed by atoms with Crippen LogP contribution in [0, 0.1) is 0 Å². The molecule has 7 nitrogen and oxygen atoms in total. The monoisotopic (exact) mass is 625 g/mol. The van der Waals surface area contributed by atoms with Gasteiger partial charge >= 0.3 is 17.9 Å². The Hall–Kier alpha value is -1.89. The Morgan fingerprint density at radius 3 is 1.00 bits per heavy atom. The maximum Gasteiger partial charge on any atom is 0.303 e. The minimum atomic E-state index is -0.767. The van der Waals surface area contributed by atoms with E-state index in [1.165, 1.54) is 109 Å². The third-order valence-electron chi connectivity index (χ3n) is 8.96. The first-order chi connectivity index (χ1) is 21.3. The van der Waals surface area contributed by atoms with Crippen molar-refractivity contribution in [1.82, 2.24) is 0 Å². The molecule has 0 spiro atoms. The zero-order valence-corrected chi connectivity index (χ0v) is 28.6. The molecule has 0 saturated heterocycles. The van der Waals surface area contributed by atoms with E-state index in [2.05, 4.69) is 19.1 Å². The van der Waals surface area contributed by atoms with Gasteiger partial charge in [0.25, 0.3) is 0 Å². The molecule has 0 aliphatic heterocycles. The van der Waals surface area contributed by atoms with Crippen molar-refractivity contribution in [3.05, 3.63) is 12.2 Å². The highest BCUT2D eigenvalue weighted by Gasteiger charge is 2.26. The molecule has 0 fully saturated rings. The van der Waals surface area contributed by atoms with Crippen LogP contribution < -0.4 is 0 Å². The topological polar surface area (TPSA) is 112 Å². The fraction of sp³-hybridized carbons (Fsp3) is 0.865. The summed E-state index contributed by atoms with van der Waals surface area (Å²) in [7, 11) is 0. The van der Waals surface area contributed by atoms with Crippen molar-refractivity contribution in [2.24, 2.45) is 0 Å². The average Bonchev–Trinajstić information content (AvgIpc) is 2.98. The van der Waals surface area contributed by atoms with Crippen LogP contribution in [0.1, 0.15) is 180 Å². The van der Waals surface area contributed by atoms with E-state index in [9.17, 15) is 14.4 Å². The molecular formula is C37H70NO6+. The lowest BCUT2D eigenvalue weighted by Crippen LogP contribution is -2.51. The second kappa shape index (κ2) is 31.1. The number of nitrogens with zero attached hydrogens (tertiary/aromatic N) is 1. The highest BCUT2D eigenvalue weighted by atomic mass is 16.4. The molecule has 3 N–H and O–H groups in total. The summed E-state index contributed by atoms with van der Waals surface area (Å²) in [6.45, 7) is 5.95. The Bertz CT molecular complexity index is 668. The molecule has 44 heavy (non-hydrogen) atoms. The number of carbonyl (C=O) groups is 3. The van der Waals surface area contributed by atoms with Crippen molar-refractivity contribution in [3.63, 3.8) is 0 Å². The molecule has 258 valence electrons. The molecule has 0 saturated carbocycles. The molecule has 0 aromatic heterocycles. The summed E-state index contributed by atoms with van der Waals surface area (Å²) in [5.74, 6) is -2.30. The summed E-state index contributed by atoms with van der Waals surface area (Å²) in [4.78, 5) is 33.1. The summed E-state index contributed by atoms with van der Waals surface area (Å²) < 4.78 is 0.866. The third kappa shape index (κ3) is 30.1. The lowest BCUT2D eigenvalue weighted by atomic mass is 10.0. The number of hydrogen-bond acceptors (Lipinski definition) is 3. The molecular weight excluding hydrogens is 554 g/mol. The van der Waals surface area contributed by atoms with Crippen LogP contribution in [-0.4, -0.2) is 63.9 Å². The molecule has 0 rings (SSSR count). The highest BCUT2D eigenvalue weighted by molar-refractivity contribution is 5.67. The fourth-order valence-corrected chi connectivity index (χ4v) is 6.24. The smallest absolute Gasteiger partial charge is 0.303 e. The number of aliphatic carboxylic acids is 3. The lowest BCUT2D eigenvalue weighted by molar-refractivity contribution is -0.929. The number of carboxylic acid groups (broad SMARTS) is 3. The zero-order valence-electron chi connectivity index (χ0n) is 28.6. The van der Waals surface area contributed by atoms with E-state index in [-0.39, 0.29) is 19.3 Å². The van der Waals surface area contributed by atoms with Gasteiger partial charge in [-0.05, 0) is 77.0 Å². The normalized spacial score (nSPS) is 11.8. The first-order valence-corrected chi connectivity index (χ1v) is 18.5. The van der Waals surface area contributed by atoms with Gasteiger partial charge in [-0.1, -0.05) is 96.1 Å². The third-order valence-corrected chi connectivity index (χ3v) is 8.96.